The van der Waals surface area contributed by atoms with Crippen LogP contribution >= 0.6 is 0 Å². The first-order valence-corrected chi connectivity index (χ1v) is 11.3. The molecule has 0 aliphatic carbocycles. The summed E-state index contributed by atoms with van der Waals surface area (Å²) in [5.74, 6) is 0.671. The van der Waals surface area contributed by atoms with E-state index in [0.717, 1.165) is 43.3 Å². The molecular formula is C25H28F3NO4. The highest BCUT2D eigenvalue weighted by atomic mass is 19.4. The molecule has 0 amide bonds. The van der Waals surface area contributed by atoms with Crippen molar-refractivity contribution < 1.29 is 32.5 Å². The van der Waals surface area contributed by atoms with Gasteiger partial charge in [-0.2, -0.15) is 13.2 Å². The Bertz CT molecular complexity index is 984. The third kappa shape index (κ3) is 5.43. The van der Waals surface area contributed by atoms with Crippen molar-refractivity contribution in [2.24, 2.45) is 0 Å². The largest absolute Gasteiger partial charge is 0.493 e. The predicted octanol–water partition coefficient (Wildman–Crippen LogP) is 4.92. The quantitative estimate of drug-likeness (QED) is 0.564. The molecule has 1 N–H and O–H groups in total. The van der Waals surface area contributed by atoms with Crippen LogP contribution in [0.15, 0.2) is 42.5 Å². The van der Waals surface area contributed by atoms with E-state index >= 15 is 0 Å². The van der Waals surface area contributed by atoms with E-state index in [1.165, 1.54) is 12.1 Å². The van der Waals surface area contributed by atoms with Crippen molar-refractivity contribution in [3.8, 4) is 11.5 Å². The van der Waals surface area contributed by atoms with E-state index in [9.17, 15) is 18.0 Å². The molecule has 2 aromatic rings. The molecule has 0 unspecified atom stereocenters. The first-order valence-electron chi connectivity index (χ1n) is 11.3. The molecule has 0 bridgehead atoms. The van der Waals surface area contributed by atoms with Gasteiger partial charge in [-0.05, 0) is 56.5 Å². The normalized spacial score (nSPS) is 17.5. The van der Waals surface area contributed by atoms with Crippen molar-refractivity contribution in [2.45, 2.75) is 43.7 Å². The number of carbonyl (C=O) groups is 1. The van der Waals surface area contributed by atoms with Gasteiger partial charge in [-0.15, -0.1) is 0 Å². The van der Waals surface area contributed by atoms with E-state index < -0.39 is 17.7 Å². The van der Waals surface area contributed by atoms with Crippen LogP contribution in [0.4, 0.5) is 13.2 Å². The van der Waals surface area contributed by atoms with Crippen LogP contribution in [-0.2, 0) is 22.8 Å². The molecule has 1 saturated heterocycles. The smallest absolute Gasteiger partial charge is 0.416 e. The van der Waals surface area contributed by atoms with E-state index in [0.29, 0.717) is 38.3 Å². The van der Waals surface area contributed by atoms with Crippen molar-refractivity contribution in [1.82, 2.24) is 4.90 Å². The summed E-state index contributed by atoms with van der Waals surface area (Å²) in [6.45, 7) is 3.17. The highest BCUT2D eigenvalue weighted by molar-refractivity contribution is 5.66. The van der Waals surface area contributed by atoms with Crippen LogP contribution in [0.3, 0.4) is 0 Å². The number of benzene rings is 2. The number of halogens is 3. The number of hydrogen-bond acceptors (Lipinski definition) is 4. The third-order valence-corrected chi connectivity index (χ3v) is 6.67. The number of aryl methyl sites for hydroxylation is 1. The number of hydrogen-bond donors (Lipinski definition) is 1. The molecule has 0 aromatic heterocycles. The number of likely N-dealkylation sites (tertiary alicyclic amines) is 1. The number of aliphatic carboxylic acids is 1. The van der Waals surface area contributed by atoms with Crippen LogP contribution in [0.1, 0.15) is 42.4 Å². The van der Waals surface area contributed by atoms with E-state index in [4.69, 9.17) is 14.6 Å². The number of nitrogens with zero attached hydrogens (tertiary/aromatic N) is 1. The summed E-state index contributed by atoms with van der Waals surface area (Å²) in [5.41, 5.74) is 0.805. The van der Waals surface area contributed by atoms with Gasteiger partial charge >= 0.3 is 12.1 Å². The number of carboxylic acids is 1. The molecule has 2 aliphatic rings. The minimum Gasteiger partial charge on any atom is -0.493 e. The average Bonchev–Trinajstić information content (AvgIpc) is 3.13. The number of rotatable bonds is 8. The molecule has 33 heavy (non-hydrogen) atoms. The Labute approximate surface area is 191 Å². The molecule has 2 aliphatic heterocycles. The summed E-state index contributed by atoms with van der Waals surface area (Å²) in [7, 11) is 0. The van der Waals surface area contributed by atoms with Crippen molar-refractivity contribution >= 4 is 5.97 Å². The number of carboxylic acid groups (broad SMARTS) is 1. The highest BCUT2D eigenvalue weighted by Crippen LogP contribution is 2.46. The summed E-state index contributed by atoms with van der Waals surface area (Å²) in [6.07, 6.45) is -1.60. The summed E-state index contributed by atoms with van der Waals surface area (Å²) < 4.78 is 51.1. The van der Waals surface area contributed by atoms with Crippen LogP contribution in [0.2, 0.25) is 0 Å². The summed E-state index contributed by atoms with van der Waals surface area (Å²) >= 11 is 0. The Balaban J connectivity index is 1.30. The second kappa shape index (κ2) is 9.63. The maximum Gasteiger partial charge on any atom is 0.416 e. The van der Waals surface area contributed by atoms with Crippen molar-refractivity contribution in [1.29, 1.82) is 0 Å². The molecule has 0 saturated carbocycles. The number of fused-ring (bicyclic) bond motifs is 2. The zero-order chi connectivity index (χ0) is 23.5. The molecule has 8 heteroatoms. The Morgan fingerprint density at radius 3 is 2.64 bits per heavy atom. The average molecular weight is 463 g/mol. The Hall–Kier alpha value is -2.74. The van der Waals surface area contributed by atoms with Crippen LogP contribution in [0.5, 0.6) is 11.5 Å². The fraction of sp³-hybridized carbons (Fsp3) is 0.480. The van der Waals surface area contributed by atoms with Gasteiger partial charge in [0.25, 0.3) is 0 Å². The minimum absolute atomic E-state index is 0.0467. The maximum atomic E-state index is 13.1. The van der Waals surface area contributed by atoms with Gasteiger partial charge in [0.05, 0.1) is 25.2 Å². The highest BCUT2D eigenvalue weighted by Gasteiger charge is 2.43. The van der Waals surface area contributed by atoms with Gasteiger partial charge in [-0.25, -0.2) is 0 Å². The summed E-state index contributed by atoms with van der Waals surface area (Å²) in [5, 5.41) is 8.88. The van der Waals surface area contributed by atoms with Gasteiger partial charge in [0, 0.05) is 23.6 Å². The molecule has 178 valence electrons. The van der Waals surface area contributed by atoms with Crippen LogP contribution < -0.4 is 9.47 Å². The number of alkyl halides is 3. The lowest BCUT2D eigenvalue weighted by atomic mass is 9.74. The molecule has 0 radical (unpaired) electrons. The van der Waals surface area contributed by atoms with Gasteiger partial charge in [-0.1, -0.05) is 24.3 Å². The van der Waals surface area contributed by atoms with Gasteiger partial charge in [0.1, 0.15) is 11.5 Å². The van der Waals surface area contributed by atoms with Gasteiger partial charge in [0.2, 0.25) is 0 Å². The standard InChI is InChI=1S/C25H28F3NO4/c26-25(27,28)20-6-2-1-4-18(20)5-3-15-32-19-7-8-21-22(16-19)33-17-24(21)10-13-29(14-11-24)12-9-23(30)31/h1-2,4,6-8,16H,3,5,9-15,17H2,(H,30,31). The Morgan fingerprint density at radius 2 is 1.91 bits per heavy atom. The van der Waals surface area contributed by atoms with Crippen LogP contribution in [0.25, 0.3) is 0 Å². The van der Waals surface area contributed by atoms with E-state index in [2.05, 4.69) is 4.90 Å². The lowest BCUT2D eigenvalue weighted by molar-refractivity contribution is -0.138. The van der Waals surface area contributed by atoms with Crippen molar-refractivity contribution in [3.05, 3.63) is 59.2 Å². The summed E-state index contributed by atoms with van der Waals surface area (Å²) in [6, 6.07) is 11.4. The lowest BCUT2D eigenvalue weighted by Crippen LogP contribution is -2.44. The number of piperidine rings is 1. The SMILES string of the molecule is O=C(O)CCN1CCC2(CC1)COc1cc(OCCCc3ccccc3C(F)(F)F)ccc12. The number of ether oxygens (including phenoxy) is 2. The van der Waals surface area contributed by atoms with Crippen LogP contribution in [-0.4, -0.2) is 48.8 Å². The Kier molecular flexibility index (Phi) is 6.83. The molecular weight excluding hydrogens is 435 g/mol. The van der Waals surface area contributed by atoms with Crippen molar-refractivity contribution in [2.75, 3.05) is 32.8 Å². The maximum absolute atomic E-state index is 13.1. The van der Waals surface area contributed by atoms with Crippen LogP contribution in [0, 0.1) is 0 Å². The molecule has 5 nitrogen and oxygen atoms in total. The van der Waals surface area contributed by atoms with Crippen molar-refractivity contribution in [3.63, 3.8) is 0 Å². The zero-order valence-corrected chi connectivity index (χ0v) is 18.4. The topological polar surface area (TPSA) is 59.0 Å². The van der Waals surface area contributed by atoms with Gasteiger partial charge < -0.3 is 19.5 Å². The Morgan fingerprint density at radius 1 is 1.15 bits per heavy atom. The molecule has 1 spiro atoms. The van der Waals surface area contributed by atoms with Gasteiger partial charge in [0.15, 0.2) is 0 Å². The third-order valence-electron chi connectivity index (χ3n) is 6.67. The molecule has 1 fully saturated rings. The molecule has 4 rings (SSSR count). The second-order valence-corrected chi connectivity index (χ2v) is 8.82. The first-order chi connectivity index (χ1) is 15.8. The van der Waals surface area contributed by atoms with Gasteiger partial charge in [-0.3, -0.25) is 4.79 Å². The zero-order valence-electron chi connectivity index (χ0n) is 18.4. The van der Waals surface area contributed by atoms with E-state index in [1.807, 2.05) is 18.2 Å². The molecule has 0 atom stereocenters. The molecule has 2 aromatic carbocycles. The predicted molar refractivity (Wildman–Crippen MR) is 117 cm³/mol. The monoisotopic (exact) mass is 463 g/mol. The fourth-order valence-corrected chi connectivity index (χ4v) is 4.78. The van der Waals surface area contributed by atoms with E-state index in [-0.39, 0.29) is 17.4 Å². The van der Waals surface area contributed by atoms with E-state index in [1.54, 1.807) is 6.07 Å². The fourth-order valence-electron chi connectivity index (χ4n) is 4.78. The lowest BCUT2D eigenvalue weighted by Gasteiger charge is -2.38. The molecule has 2 heterocycles. The second-order valence-electron chi connectivity index (χ2n) is 8.82. The minimum atomic E-state index is -4.35. The summed E-state index contributed by atoms with van der Waals surface area (Å²) in [4.78, 5) is 13.0. The first kappa shape index (κ1) is 23.4.